The highest BCUT2D eigenvalue weighted by molar-refractivity contribution is 5.81. The molecule has 0 saturated carbocycles. The number of ether oxygens (including phenoxy) is 1. The van der Waals surface area contributed by atoms with Crippen molar-refractivity contribution in [2.75, 3.05) is 12.8 Å². The lowest BCUT2D eigenvalue weighted by atomic mass is 10.4. The maximum Gasteiger partial charge on any atom is 0.165 e. The van der Waals surface area contributed by atoms with Crippen molar-refractivity contribution in [3.63, 3.8) is 0 Å². The molecule has 2 aromatic heterocycles. The highest BCUT2D eigenvalue weighted by Gasteiger charge is 2.09. The van der Waals surface area contributed by atoms with Gasteiger partial charge >= 0.3 is 0 Å². The fourth-order valence-electron chi connectivity index (χ4n) is 1.38. The molecule has 2 N–H and O–H groups in total. The molecule has 0 aliphatic carbocycles. The number of nitrogens with two attached hydrogens (primary N) is 1. The van der Waals surface area contributed by atoms with E-state index in [0.717, 1.165) is 5.65 Å². The lowest BCUT2D eigenvalue weighted by molar-refractivity contribution is 0.104. The third kappa shape index (κ3) is 1.75. The van der Waals surface area contributed by atoms with Crippen molar-refractivity contribution in [1.82, 2.24) is 19.5 Å². The van der Waals surface area contributed by atoms with Crippen LogP contribution in [0.15, 0.2) is 12.7 Å². The van der Waals surface area contributed by atoms with Gasteiger partial charge in [0.25, 0.3) is 0 Å². The van der Waals surface area contributed by atoms with Gasteiger partial charge in [-0.05, 0) is 6.92 Å². The Morgan fingerprint density at radius 2 is 2.27 bits per heavy atom. The molecule has 0 saturated heterocycles. The van der Waals surface area contributed by atoms with Crippen LogP contribution in [0.4, 0.5) is 5.82 Å². The number of hydrogen-bond donors (Lipinski definition) is 1. The van der Waals surface area contributed by atoms with E-state index < -0.39 is 0 Å². The van der Waals surface area contributed by atoms with E-state index >= 15 is 0 Å². The van der Waals surface area contributed by atoms with Crippen molar-refractivity contribution in [2.45, 2.75) is 19.6 Å². The van der Waals surface area contributed by atoms with Gasteiger partial charge in [0.15, 0.2) is 11.5 Å². The third-order valence-corrected chi connectivity index (χ3v) is 2.29. The minimum Gasteiger partial charge on any atom is -0.382 e. The molecule has 2 aromatic rings. The Balaban J connectivity index is 2.41. The van der Waals surface area contributed by atoms with Gasteiger partial charge in [-0.25, -0.2) is 15.0 Å². The molecule has 6 nitrogen and oxygen atoms in total. The summed E-state index contributed by atoms with van der Waals surface area (Å²) in [5, 5.41) is 0. The molecule has 0 amide bonds. The highest BCUT2D eigenvalue weighted by Crippen LogP contribution is 2.14. The van der Waals surface area contributed by atoms with Gasteiger partial charge < -0.3 is 15.0 Å². The maximum absolute atomic E-state index is 5.67. The van der Waals surface area contributed by atoms with E-state index in [1.54, 1.807) is 13.4 Å². The number of aromatic nitrogens is 4. The van der Waals surface area contributed by atoms with Gasteiger partial charge in [0, 0.05) is 7.11 Å². The number of rotatable bonds is 3. The zero-order valence-corrected chi connectivity index (χ0v) is 8.71. The lowest BCUT2D eigenvalue weighted by Crippen LogP contribution is -2.14. The van der Waals surface area contributed by atoms with Gasteiger partial charge in [0.2, 0.25) is 0 Å². The molecular weight excluding hydrogens is 194 g/mol. The van der Waals surface area contributed by atoms with Crippen LogP contribution in [0.25, 0.3) is 11.2 Å². The van der Waals surface area contributed by atoms with E-state index in [-0.39, 0.29) is 6.10 Å². The van der Waals surface area contributed by atoms with Gasteiger partial charge in [-0.1, -0.05) is 0 Å². The van der Waals surface area contributed by atoms with Crippen LogP contribution < -0.4 is 5.73 Å². The first kappa shape index (κ1) is 9.85. The van der Waals surface area contributed by atoms with Crippen molar-refractivity contribution in [3.05, 3.63) is 12.7 Å². The summed E-state index contributed by atoms with van der Waals surface area (Å²) in [6.07, 6.45) is 3.25. The average Bonchev–Trinajstić information content (AvgIpc) is 2.63. The second-order valence-corrected chi connectivity index (χ2v) is 3.37. The lowest BCUT2D eigenvalue weighted by Gasteiger charge is -2.09. The van der Waals surface area contributed by atoms with Crippen LogP contribution in [0.3, 0.4) is 0 Å². The van der Waals surface area contributed by atoms with Crippen LogP contribution in [-0.2, 0) is 11.3 Å². The Hall–Kier alpha value is -1.69. The molecule has 1 atom stereocenters. The molecular formula is C9H13N5O. The predicted molar refractivity (Wildman–Crippen MR) is 56.2 cm³/mol. The number of methoxy groups -OCH3 is 1. The minimum atomic E-state index is 0.110. The number of imidazole rings is 1. The smallest absolute Gasteiger partial charge is 0.165 e. The Labute approximate surface area is 87.1 Å². The number of anilines is 1. The standard InChI is InChI=1S/C9H13N5O/c1-6(15-2)3-14-5-13-7-8(10)11-4-12-9(7)14/h4-6H,3H2,1-2H3,(H2,10,11,12)/t6-/m0/s1. The van der Waals surface area contributed by atoms with Crippen molar-refractivity contribution in [1.29, 1.82) is 0 Å². The van der Waals surface area contributed by atoms with Crippen molar-refractivity contribution >= 4 is 17.0 Å². The Kier molecular flexibility index (Phi) is 2.51. The second-order valence-electron chi connectivity index (χ2n) is 3.37. The molecule has 80 valence electrons. The van der Waals surface area contributed by atoms with Crippen LogP contribution in [0.1, 0.15) is 6.92 Å². The molecule has 6 heteroatoms. The molecule has 0 aliphatic heterocycles. The SMILES string of the molecule is CO[C@@H](C)Cn1cnc2c(N)ncnc21. The number of hydrogen-bond acceptors (Lipinski definition) is 5. The Morgan fingerprint density at radius 3 is 3.00 bits per heavy atom. The third-order valence-electron chi connectivity index (χ3n) is 2.29. The molecule has 0 spiro atoms. The zero-order chi connectivity index (χ0) is 10.8. The van der Waals surface area contributed by atoms with Crippen LogP contribution in [0, 0.1) is 0 Å². The van der Waals surface area contributed by atoms with Crippen LogP contribution in [0.2, 0.25) is 0 Å². The topological polar surface area (TPSA) is 78.9 Å². The van der Waals surface area contributed by atoms with Crippen molar-refractivity contribution in [2.24, 2.45) is 0 Å². The largest absolute Gasteiger partial charge is 0.382 e. The van der Waals surface area contributed by atoms with Crippen LogP contribution >= 0.6 is 0 Å². The number of nitrogens with zero attached hydrogens (tertiary/aromatic N) is 4. The molecule has 15 heavy (non-hydrogen) atoms. The fraction of sp³-hybridized carbons (Fsp3) is 0.444. The summed E-state index contributed by atoms with van der Waals surface area (Å²) in [6, 6.07) is 0. The number of fused-ring (bicyclic) bond motifs is 1. The van der Waals surface area contributed by atoms with E-state index in [4.69, 9.17) is 10.5 Å². The quantitative estimate of drug-likeness (QED) is 0.790. The van der Waals surface area contributed by atoms with Gasteiger partial charge in [-0.15, -0.1) is 0 Å². The zero-order valence-electron chi connectivity index (χ0n) is 8.71. The highest BCUT2D eigenvalue weighted by atomic mass is 16.5. The summed E-state index contributed by atoms with van der Waals surface area (Å²) in [6.45, 7) is 2.68. The van der Waals surface area contributed by atoms with Crippen LogP contribution in [0.5, 0.6) is 0 Å². The first-order valence-electron chi connectivity index (χ1n) is 4.66. The van der Waals surface area contributed by atoms with Gasteiger partial charge in [0.05, 0.1) is 19.0 Å². The molecule has 2 heterocycles. The Morgan fingerprint density at radius 1 is 1.47 bits per heavy atom. The maximum atomic E-state index is 5.67. The molecule has 0 radical (unpaired) electrons. The fourth-order valence-corrected chi connectivity index (χ4v) is 1.38. The summed E-state index contributed by atoms with van der Waals surface area (Å²) in [7, 11) is 1.67. The van der Waals surface area contributed by atoms with Crippen molar-refractivity contribution in [3.8, 4) is 0 Å². The van der Waals surface area contributed by atoms with E-state index in [2.05, 4.69) is 15.0 Å². The predicted octanol–water partition coefficient (Wildman–Crippen LogP) is 0.443. The van der Waals surface area contributed by atoms with E-state index in [0.29, 0.717) is 17.9 Å². The summed E-state index contributed by atoms with van der Waals surface area (Å²) >= 11 is 0. The summed E-state index contributed by atoms with van der Waals surface area (Å²) in [5.41, 5.74) is 7.06. The number of nitrogen functional groups attached to an aromatic ring is 1. The normalized spacial score (nSPS) is 13.2. The molecule has 0 aromatic carbocycles. The van der Waals surface area contributed by atoms with Gasteiger partial charge in [0.1, 0.15) is 11.8 Å². The van der Waals surface area contributed by atoms with Crippen LogP contribution in [-0.4, -0.2) is 32.7 Å². The second kappa shape index (κ2) is 3.82. The summed E-state index contributed by atoms with van der Waals surface area (Å²) < 4.78 is 7.08. The molecule has 0 bridgehead atoms. The average molecular weight is 207 g/mol. The first-order chi connectivity index (χ1) is 7.22. The van der Waals surface area contributed by atoms with Crippen molar-refractivity contribution < 1.29 is 4.74 Å². The monoisotopic (exact) mass is 207 g/mol. The molecule has 0 unspecified atom stereocenters. The molecule has 2 rings (SSSR count). The van der Waals surface area contributed by atoms with E-state index in [1.807, 2.05) is 11.5 Å². The summed E-state index contributed by atoms with van der Waals surface area (Å²) in [5.74, 6) is 0.406. The van der Waals surface area contributed by atoms with E-state index in [1.165, 1.54) is 6.33 Å². The Bertz CT molecular complexity index is 466. The van der Waals surface area contributed by atoms with E-state index in [9.17, 15) is 0 Å². The first-order valence-corrected chi connectivity index (χ1v) is 4.66. The molecule has 0 fully saturated rings. The molecule has 0 aliphatic rings. The van der Waals surface area contributed by atoms with Gasteiger partial charge in [-0.3, -0.25) is 0 Å². The minimum absolute atomic E-state index is 0.110. The van der Waals surface area contributed by atoms with Gasteiger partial charge in [-0.2, -0.15) is 0 Å². The summed E-state index contributed by atoms with van der Waals surface area (Å²) in [4.78, 5) is 12.2.